The monoisotopic (exact) mass is 154 g/mol. The van der Waals surface area contributed by atoms with Gasteiger partial charge in [-0.15, -0.1) is 10.2 Å². The molecule has 0 aromatic rings. The minimum absolute atomic E-state index is 0.305. The van der Waals surface area contributed by atoms with Gasteiger partial charge in [-0.05, 0) is 6.92 Å². The van der Waals surface area contributed by atoms with Crippen molar-refractivity contribution in [2.24, 2.45) is 31.9 Å². The predicted molar refractivity (Wildman–Crippen MR) is 42.4 cm³/mol. The van der Waals surface area contributed by atoms with Gasteiger partial charge in [0.1, 0.15) is 0 Å². The molecule has 0 aromatic heterocycles. The lowest BCUT2D eigenvalue weighted by Crippen LogP contribution is -2.35. The highest BCUT2D eigenvalue weighted by atomic mass is 15.3. The summed E-state index contributed by atoms with van der Waals surface area (Å²) in [6, 6.07) is -0.435. The summed E-state index contributed by atoms with van der Waals surface area (Å²) in [7, 11) is 0. The third-order valence-electron chi connectivity index (χ3n) is 1.18. The Balaban J connectivity index is 2.64. The van der Waals surface area contributed by atoms with Crippen molar-refractivity contribution in [2.45, 2.75) is 13.0 Å². The average molecular weight is 154 g/mol. The van der Waals surface area contributed by atoms with E-state index in [9.17, 15) is 0 Å². The zero-order chi connectivity index (χ0) is 8.27. The van der Waals surface area contributed by atoms with Crippen LogP contribution in [-0.4, -0.2) is 24.3 Å². The van der Waals surface area contributed by atoms with E-state index in [-0.39, 0.29) is 0 Å². The van der Waals surface area contributed by atoms with E-state index in [0.29, 0.717) is 18.2 Å². The summed E-state index contributed by atoms with van der Waals surface area (Å²) in [6.45, 7) is 2.48. The molecular weight excluding hydrogens is 144 g/mol. The predicted octanol–water partition coefficient (Wildman–Crippen LogP) is -0.530. The van der Waals surface area contributed by atoms with E-state index in [0.717, 1.165) is 0 Å². The van der Waals surface area contributed by atoms with E-state index >= 15 is 0 Å². The maximum Gasteiger partial charge on any atom is 0.188 e. The van der Waals surface area contributed by atoms with Gasteiger partial charge in [0.15, 0.2) is 17.7 Å². The number of azo groups is 1. The molecule has 0 unspecified atom stereocenters. The van der Waals surface area contributed by atoms with Gasteiger partial charge in [-0.1, -0.05) is 0 Å². The SMILES string of the molecule is CCN=NC1C(N)=NN=C1N. The van der Waals surface area contributed by atoms with Gasteiger partial charge in [0.25, 0.3) is 0 Å². The Bertz CT molecular complexity index is 209. The van der Waals surface area contributed by atoms with Crippen LogP contribution in [0.4, 0.5) is 0 Å². The zero-order valence-electron chi connectivity index (χ0n) is 6.23. The van der Waals surface area contributed by atoms with Gasteiger partial charge in [-0.3, -0.25) is 0 Å². The first-order chi connectivity index (χ1) is 5.25. The molecule has 0 saturated carbocycles. The minimum atomic E-state index is -0.435. The first kappa shape index (κ1) is 7.64. The Labute approximate surface area is 64.1 Å². The molecule has 6 heteroatoms. The van der Waals surface area contributed by atoms with Crippen LogP contribution >= 0.6 is 0 Å². The van der Waals surface area contributed by atoms with Gasteiger partial charge in [0.2, 0.25) is 0 Å². The lowest BCUT2D eigenvalue weighted by molar-refractivity contribution is 0.900. The second-order valence-electron chi connectivity index (χ2n) is 2.03. The molecule has 0 amide bonds. The van der Waals surface area contributed by atoms with Crippen LogP contribution in [0.5, 0.6) is 0 Å². The van der Waals surface area contributed by atoms with E-state index in [4.69, 9.17) is 11.5 Å². The molecule has 0 fully saturated rings. The molecule has 1 aliphatic rings. The summed E-state index contributed by atoms with van der Waals surface area (Å²) in [5, 5.41) is 14.7. The number of nitrogens with two attached hydrogens (primary N) is 2. The zero-order valence-corrected chi connectivity index (χ0v) is 6.23. The highest BCUT2D eigenvalue weighted by molar-refractivity contribution is 6.10. The molecule has 60 valence electrons. The van der Waals surface area contributed by atoms with Gasteiger partial charge in [-0.25, -0.2) is 0 Å². The molecule has 0 aliphatic carbocycles. The molecule has 0 aromatic carbocycles. The fraction of sp³-hybridized carbons (Fsp3) is 0.600. The van der Waals surface area contributed by atoms with Crippen molar-refractivity contribution >= 4 is 11.7 Å². The second-order valence-corrected chi connectivity index (χ2v) is 2.03. The Morgan fingerprint density at radius 3 is 2.36 bits per heavy atom. The quantitative estimate of drug-likeness (QED) is 0.522. The van der Waals surface area contributed by atoms with Crippen molar-refractivity contribution in [1.29, 1.82) is 0 Å². The molecule has 0 radical (unpaired) electrons. The lowest BCUT2D eigenvalue weighted by Gasteiger charge is -2.00. The highest BCUT2D eigenvalue weighted by Gasteiger charge is 2.21. The molecule has 6 nitrogen and oxygen atoms in total. The molecule has 1 heterocycles. The summed E-state index contributed by atoms with van der Waals surface area (Å²) in [4.78, 5) is 0. The number of nitrogens with zero attached hydrogens (tertiary/aromatic N) is 4. The number of amidine groups is 2. The van der Waals surface area contributed by atoms with Gasteiger partial charge >= 0.3 is 0 Å². The van der Waals surface area contributed by atoms with Gasteiger partial charge in [0.05, 0.1) is 6.54 Å². The number of hydrogen-bond acceptors (Lipinski definition) is 6. The van der Waals surface area contributed by atoms with Crippen LogP contribution in [0.15, 0.2) is 20.4 Å². The molecule has 0 saturated heterocycles. The van der Waals surface area contributed by atoms with E-state index in [1.165, 1.54) is 0 Å². The summed E-state index contributed by atoms with van der Waals surface area (Å²) in [6.07, 6.45) is 0. The fourth-order valence-corrected chi connectivity index (χ4v) is 0.658. The van der Waals surface area contributed by atoms with Crippen molar-refractivity contribution in [3.63, 3.8) is 0 Å². The van der Waals surface area contributed by atoms with Crippen LogP contribution in [-0.2, 0) is 0 Å². The van der Waals surface area contributed by atoms with Crippen LogP contribution in [0.2, 0.25) is 0 Å². The third kappa shape index (κ3) is 1.51. The van der Waals surface area contributed by atoms with Gasteiger partial charge in [-0.2, -0.15) is 10.2 Å². The standard InChI is InChI=1S/C5H10N6/c1-2-8-9-3-4(6)10-11-5(3)7/h3H,2H2,1H3,(H2,6,10)(H2,7,11). The molecule has 4 N–H and O–H groups in total. The summed E-state index contributed by atoms with van der Waals surface area (Å²) < 4.78 is 0. The van der Waals surface area contributed by atoms with Crippen LogP contribution in [0.1, 0.15) is 6.92 Å². The minimum Gasteiger partial charge on any atom is -0.383 e. The van der Waals surface area contributed by atoms with Crippen LogP contribution in [0.25, 0.3) is 0 Å². The topological polar surface area (TPSA) is 101 Å². The van der Waals surface area contributed by atoms with Gasteiger partial charge < -0.3 is 11.5 Å². The first-order valence-corrected chi connectivity index (χ1v) is 3.28. The van der Waals surface area contributed by atoms with Gasteiger partial charge in [0, 0.05) is 0 Å². The van der Waals surface area contributed by atoms with Crippen LogP contribution in [0.3, 0.4) is 0 Å². The van der Waals surface area contributed by atoms with Crippen molar-refractivity contribution in [2.75, 3.05) is 6.54 Å². The molecule has 0 bridgehead atoms. The average Bonchev–Trinajstić information content (AvgIpc) is 2.29. The molecule has 1 rings (SSSR count). The lowest BCUT2D eigenvalue weighted by atomic mass is 10.3. The molecule has 11 heavy (non-hydrogen) atoms. The van der Waals surface area contributed by atoms with Crippen molar-refractivity contribution < 1.29 is 0 Å². The normalized spacial score (nSPS) is 19.0. The third-order valence-corrected chi connectivity index (χ3v) is 1.18. The molecule has 0 spiro atoms. The Kier molecular flexibility index (Phi) is 2.15. The maximum absolute atomic E-state index is 5.41. The Hall–Kier alpha value is -1.46. The molecule has 0 atom stereocenters. The summed E-state index contributed by atoms with van der Waals surface area (Å²) >= 11 is 0. The first-order valence-electron chi connectivity index (χ1n) is 3.28. The highest BCUT2D eigenvalue weighted by Crippen LogP contribution is 2.01. The number of rotatable bonds is 2. The van der Waals surface area contributed by atoms with E-state index in [2.05, 4.69) is 20.4 Å². The Morgan fingerprint density at radius 2 is 1.91 bits per heavy atom. The summed E-state index contributed by atoms with van der Waals surface area (Å²) in [5.41, 5.74) is 10.8. The van der Waals surface area contributed by atoms with Crippen molar-refractivity contribution in [3.05, 3.63) is 0 Å². The smallest absolute Gasteiger partial charge is 0.188 e. The summed E-state index contributed by atoms with van der Waals surface area (Å²) in [5.74, 6) is 0.611. The number of hydrogen-bond donors (Lipinski definition) is 2. The van der Waals surface area contributed by atoms with Crippen LogP contribution < -0.4 is 11.5 Å². The van der Waals surface area contributed by atoms with Crippen molar-refractivity contribution in [3.8, 4) is 0 Å². The maximum atomic E-state index is 5.41. The Morgan fingerprint density at radius 1 is 1.36 bits per heavy atom. The van der Waals surface area contributed by atoms with E-state index in [1.54, 1.807) is 0 Å². The van der Waals surface area contributed by atoms with E-state index < -0.39 is 6.04 Å². The molecule has 1 aliphatic heterocycles. The van der Waals surface area contributed by atoms with E-state index in [1.807, 2.05) is 6.92 Å². The second kappa shape index (κ2) is 3.09. The van der Waals surface area contributed by atoms with Crippen LogP contribution in [0, 0.1) is 0 Å². The fourth-order valence-electron chi connectivity index (χ4n) is 0.658. The largest absolute Gasteiger partial charge is 0.383 e. The molecular formula is C5H10N6. The van der Waals surface area contributed by atoms with Crippen molar-refractivity contribution in [1.82, 2.24) is 0 Å².